The molecule has 18 atom stereocenters. The lowest BCUT2D eigenvalue weighted by atomic mass is 9.72. The van der Waals surface area contributed by atoms with Gasteiger partial charge in [-0.1, -0.05) is 67.4 Å². The van der Waals surface area contributed by atoms with Crippen molar-refractivity contribution in [3.8, 4) is 12.3 Å². The van der Waals surface area contributed by atoms with Gasteiger partial charge in [-0.25, -0.2) is 0 Å². The van der Waals surface area contributed by atoms with E-state index in [9.17, 15) is 19.8 Å². The molecule has 324 valence electrons. The van der Waals surface area contributed by atoms with Gasteiger partial charge in [0.05, 0.1) is 73.4 Å². The number of Topliss-reactive ketones (excluding diaryl/α,β-unsaturated/α-hetero) is 1. The van der Waals surface area contributed by atoms with E-state index >= 15 is 0 Å². The Bertz CT molecular complexity index is 1470. The lowest BCUT2D eigenvalue weighted by Crippen LogP contribution is -2.65. The highest BCUT2D eigenvalue weighted by atomic mass is 16.8. The number of carbonyl (C=O) groups excluding carboxylic acids is 2. The molecule has 57 heavy (non-hydrogen) atoms. The molecule has 5 aliphatic rings. The summed E-state index contributed by atoms with van der Waals surface area (Å²) in [6, 6.07) is -0.354. The van der Waals surface area contributed by atoms with Gasteiger partial charge in [-0.15, -0.1) is 6.42 Å². The van der Waals surface area contributed by atoms with Crippen LogP contribution in [-0.4, -0.2) is 101 Å². The predicted octanol–water partition coefficient (Wildman–Crippen LogP) is 6.51. The lowest BCUT2D eigenvalue weighted by molar-refractivity contribution is -0.398. The van der Waals surface area contributed by atoms with E-state index < -0.39 is 46.8 Å². The Kier molecular flexibility index (Phi) is 14.9. The lowest BCUT2D eigenvalue weighted by Gasteiger charge is -2.55. The summed E-state index contributed by atoms with van der Waals surface area (Å²) in [4.78, 5) is 27.2. The molecule has 2 spiro atoms. The molecule has 4 saturated heterocycles. The molecule has 0 aromatic rings. The molecule has 0 radical (unpaired) electrons. The van der Waals surface area contributed by atoms with Gasteiger partial charge in [-0.05, 0) is 89.5 Å². The molecule has 3 unspecified atom stereocenters. The summed E-state index contributed by atoms with van der Waals surface area (Å²) in [6.45, 7) is 20.5. The zero-order chi connectivity index (χ0) is 42.1. The summed E-state index contributed by atoms with van der Waals surface area (Å²) >= 11 is 0. The molecule has 0 amide bonds. The maximum atomic E-state index is 14.6. The molecule has 5 aliphatic heterocycles. The van der Waals surface area contributed by atoms with Crippen molar-refractivity contribution in [2.45, 2.75) is 199 Å². The third kappa shape index (κ3) is 8.96. The van der Waals surface area contributed by atoms with Crippen molar-refractivity contribution < 1.29 is 48.2 Å². The molecular formula is C46H75NO10. The quantitative estimate of drug-likeness (QED) is 0.101. The van der Waals surface area contributed by atoms with E-state index in [4.69, 9.17) is 34.8 Å². The molecule has 0 aromatic heterocycles. The van der Waals surface area contributed by atoms with E-state index in [1.807, 2.05) is 47.6 Å². The number of aliphatic hydroxyl groups excluding tert-OH is 1. The number of terminal acetylenes is 1. The van der Waals surface area contributed by atoms with Crippen LogP contribution in [0.25, 0.3) is 0 Å². The van der Waals surface area contributed by atoms with Crippen LogP contribution in [0.15, 0.2) is 12.2 Å². The van der Waals surface area contributed by atoms with Crippen LogP contribution < -0.4 is 5.32 Å². The van der Waals surface area contributed by atoms with Crippen LogP contribution in [0.4, 0.5) is 0 Å². The van der Waals surface area contributed by atoms with Crippen molar-refractivity contribution in [2.75, 3.05) is 13.7 Å². The third-order valence-electron chi connectivity index (χ3n) is 15.1. The van der Waals surface area contributed by atoms with Gasteiger partial charge in [0.2, 0.25) is 0 Å². The number of aliphatic hydroxyl groups is 2. The zero-order valence-corrected chi connectivity index (χ0v) is 36.8. The average molecular weight is 802 g/mol. The molecule has 3 N–H and O–H groups in total. The number of methoxy groups -OCH3 is 1. The second-order valence-corrected chi connectivity index (χ2v) is 18.7. The Labute approximate surface area is 343 Å². The second kappa shape index (κ2) is 18.4. The van der Waals surface area contributed by atoms with E-state index in [0.29, 0.717) is 51.5 Å². The highest BCUT2D eigenvalue weighted by Gasteiger charge is 2.63. The molecule has 5 rings (SSSR count). The predicted molar refractivity (Wildman–Crippen MR) is 218 cm³/mol. The number of esters is 1. The summed E-state index contributed by atoms with van der Waals surface area (Å²) in [5.74, 6) is -1.64. The highest BCUT2D eigenvalue weighted by molar-refractivity contribution is 5.84. The number of carbonyl (C=O) groups is 2. The van der Waals surface area contributed by atoms with Crippen LogP contribution in [0.5, 0.6) is 0 Å². The van der Waals surface area contributed by atoms with Crippen LogP contribution >= 0.6 is 0 Å². The van der Waals surface area contributed by atoms with E-state index in [1.54, 1.807) is 0 Å². The normalized spacial score (nSPS) is 43.5. The first kappa shape index (κ1) is 46.2. The summed E-state index contributed by atoms with van der Waals surface area (Å²) in [5.41, 5.74) is -1.55. The first-order valence-corrected chi connectivity index (χ1v) is 22.2. The highest BCUT2D eigenvalue weighted by Crippen LogP contribution is 2.54. The van der Waals surface area contributed by atoms with Gasteiger partial charge in [0.1, 0.15) is 5.78 Å². The fourth-order valence-electron chi connectivity index (χ4n) is 11.0. The summed E-state index contributed by atoms with van der Waals surface area (Å²) in [7, 11) is 1.40. The van der Waals surface area contributed by atoms with Gasteiger partial charge in [0.15, 0.2) is 11.6 Å². The molecule has 0 saturated carbocycles. The second-order valence-electron chi connectivity index (χ2n) is 18.7. The molecule has 0 aliphatic carbocycles. The molecule has 11 nitrogen and oxygen atoms in total. The van der Waals surface area contributed by atoms with Crippen molar-refractivity contribution in [3.63, 3.8) is 0 Å². The molecular weight excluding hydrogens is 727 g/mol. The smallest absolute Gasteiger partial charge is 0.311 e. The largest absolute Gasteiger partial charge is 0.469 e. The van der Waals surface area contributed by atoms with Crippen molar-refractivity contribution in [1.82, 2.24) is 5.32 Å². The number of hydrogen-bond donors (Lipinski definition) is 3. The van der Waals surface area contributed by atoms with Crippen LogP contribution in [0, 0.1) is 53.8 Å². The fourth-order valence-corrected chi connectivity index (χ4v) is 11.0. The Morgan fingerprint density at radius 3 is 2.28 bits per heavy atom. The molecule has 11 heteroatoms. The number of ether oxygens (including phenoxy) is 6. The van der Waals surface area contributed by atoms with E-state index in [2.05, 4.69) is 45.0 Å². The van der Waals surface area contributed by atoms with Crippen molar-refractivity contribution in [1.29, 1.82) is 0 Å². The van der Waals surface area contributed by atoms with Gasteiger partial charge in [0.25, 0.3) is 0 Å². The SMILES string of the molecule is C#CCN[C@@H]1C=C[C@]2(O[C@H]([C@@H](CC)C(=O)[C@@H](C)[C@@H](O)[C@H](C)C3OC(C(CC)C(=O)OC)CC[C@@H]3C)[C@@H](C)C[C@H]2C)O[C@@]12CC[C@@](C)([C@H]1CC[C@](O)(CC)[C@H](C)O1)O2. The maximum absolute atomic E-state index is 14.6. The van der Waals surface area contributed by atoms with Gasteiger partial charge in [-0.3, -0.25) is 14.9 Å². The Morgan fingerprint density at radius 2 is 1.67 bits per heavy atom. The topological polar surface area (TPSA) is 142 Å². The Balaban J connectivity index is 1.35. The summed E-state index contributed by atoms with van der Waals surface area (Å²) in [6.07, 6.45) is 13.8. The zero-order valence-electron chi connectivity index (χ0n) is 36.8. The standard InChI is InChI=1S/C46H75NO10/c1-13-25-47-36-19-22-45(57-46(36)24-23-43(11,56-46)37-20-21-44(51,16-4)32(10)53-37)29(7)26-28(6)41(55-45)34(15-3)39(49)30(8)38(48)31(9)40-27(5)17-18-35(54-40)33(14-2)42(50)52-12/h1,19,22,27-38,40-41,47-48,51H,14-18,20-21,23-26H2,2-12H3/t27-,28-,29+,30-,31-,32-,33?,34-,35?,36+,37+,38+,40?,41-,43-,44+,45-,46-/m0/s1. The third-order valence-corrected chi connectivity index (χ3v) is 15.1. The monoisotopic (exact) mass is 802 g/mol. The number of ketones is 1. The minimum absolute atomic E-state index is 0.0391. The minimum atomic E-state index is -1.17. The average Bonchev–Trinajstić information content (AvgIpc) is 3.54. The van der Waals surface area contributed by atoms with Crippen LogP contribution in [0.3, 0.4) is 0 Å². The van der Waals surface area contributed by atoms with Gasteiger partial charge >= 0.3 is 5.97 Å². The first-order valence-electron chi connectivity index (χ1n) is 22.2. The Hall–Kier alpha value is -1.88. The van der Waals surface area contributed by atoms with Gasteiger partial charge < -0.3 is 38.6 Å². The van der Waals surface area contributed by atoms with E-state index in [0.717, 1.165) is 19.3 Å². The molecule has 0 bridgehead atoms. The first-order chi connectivity index (χ1) is 26.9. The van der Waals surface area contributed by atoms with E-state index in [-0.39, 0.29) is 71.8 Å². The van der Waals surface area contributed by atoms with Gasteiger partial charge in [0, 0.05) is 30.1 Å². The van der Waals surface area contributed by atoms with Crippen LogP contribution in [-0.2, 0) is 38.0 Å². The Morgan fingerprint density at radius 1 is 0.965 bits per heavy atom. The van der Waals surface area contributed by atoms with Crippen molar-refractivity contribution >= 4 is 11.8 Å². The van der Waals surface area contributed by atoms with E-state index in [1.165, 1.54) is 7.11 Å². The number of nitrogens with one attached hydrogen (secondary N) is 1. The molecule has 5 heterocycles. The number of hydrogen-bond acceptors (Lipinski definition) is 11. The maximum Gasteiger partial charge on any atom is 0.311 e. The minimum Gasteiger partial charge on any atom is -0.469 e. The molecule has 4 fully saturated rings. The van der Waals surface area contributed by atoms with Crippen molar-refractivity contribution in [2.24, 2.45) is 41.4 Å². The van der Waals surface area contributed by atoms with Crippen LogP contribution in [0.1, 0.15) is 133 Å². The summed E-state index contributed by atoms with van der Waals surface area (Å²) < 4.78 is 39.7. The van der Waals surface area contributed by atoms with Gasteiger partial charge in [-0.2, -0.15) is 0 Å². The number of rotatable bonds is 14. The van der Waals surface area contributed by atoms with Crippen LogP contribution in [0.2, 0.25) is 0 Å². The fraction of sp³-hybridized carbons (Fsp3) is 0.870. The summed E-state index contributed by atoms with van der Waals surface area (Å²) in [5, 5.41) is 26.5. The molecule has 0 aromatic carbocycles. The van der Waals surface area contributed by atoms with Crippen molar-refractivity contribution in [3.05, 3.63) is 12.2 Å².